The lowest BCUT2D eigenvalue weighted by atomic mass is 10.3. The van der Waals surface area contributed by atoms with Gasteiger partial charge >= 0.3 is 0 Å². The summed E-state index contributed by atoms with van der Waals surface area (Å²) in [6.45, 7) is 0. The van der Waals surface area contributed by atoms with E-state index in [2.05, 4.69) is 41.9 Å². The number of pyridine rings is 1. The second-order valence-electron chi connectivity index (χ2n) is 3.80. The predicted molar refractivity (Wildman–Crippen MR) is 78.9 cm³/mol. The molecule has 96 valence electrons. The summed E-state index contributed by atoms with van der Waals surface area (Å²) in [5.41, 5.74) is 6.61. The van der Waals surface area contributed by atoms with Crippen molar-refractivity contribution < 1.29 is 4.42 Å². The molecule has 7 heteroatoms. The highest BCUT2D eigenvalue weighted by molar-refractivity contribution is 9.10. The van der Waals surface area contributed by atoms with E-state index in [4.69, 9.17) is 10.2 Å². The third-order valence-corrected chi connectivity index (χ3v) is 3.39. The second kappa shape index (κ2) is 4.82. The molecular formula is C12H8Br2N4O. The maximum absolute atomic E-state index is 5.95. The molecule has 0 bridgehead atoms. The molecule has 0 aliphatic heterocycles. The van der Waals surface area contributed by atoms with Crippen molar-refractivity contribution in [3.63, 3.8) is 0 Å². The number of halogens is 2. The summed E-state index contributed by atoms with van der Waals surface area (Å²) in [7, 11) is 0. The van der Waals surface area contributed by atoms with Gasteiger partial charge in [-0.15, -0.1) is 0 Å². The second-order valence-corrected chi connectivity index (χ2v) is 5.50. The first-order chi connectivity index (χ1) is 9.13. The molecule has 0 aliphatic rings. The minimum absolute atomic E-state index is 0.498. The van der Waals surface area contributed by atoms with Crippen LogP contribution in [0.3, 0.4) is 0 Å². The maximum atomic E-state index is 5.95. The van der Waals surface area contributed by atoms with Gasteiger partial charge in [-0.3, -0.25) is 0 Å². The number of aromatic nitrogens is 3. The van der Waals surface area contributed by atoms with Crippen molar-refractivity contribution in [2.24, 2.45) is 0 Å². The molecular weight excluding hydrogens is 376 g/mol. The van der Waals surface area contributed by atoms with Crippen LogP contribution in [0.15, 0.2) is 50.1 Å². The zero-order chi connectivity index (χ0) is 13.4. The molecule has 0 fully saturated rings. The van der Waals surface area contributed by atoms with E-state index in [0.717, 1.165) is 4.47 Å². The summed E-state index contributed by atoms with van der Waals surface area (Å²) in [5, 5.41) is 4.39. The van der Waals surface area contributed by atoms with Crippen LogP contribution in [0.2, 0.25) is 0 Å². The van der Waals surface area contributed by atoms with E-state index >= 15 is 0 Å². The summed E-state index contributed by atoms with van der Waals surface area (Å²) in [6.07, 6.45) is 1.69. The average Bonchev–Trinajstić information content (AvgIpc) is 2.97. The Labute approximate surface area is 125 Å². The van der Waals surface area contributed by atoms with Gasteiger partial charge in [-0.2, -0.15) is 9.78 Å². The fraction of sp³-hybridized carbons (Fsp3) is 0. The topological polar surface area (TPSA) is 69.9 Å². The zero-order valence-electron chi connectivity index (χ0n) is 9.55. The van der Waals surface area contributed by atoms with Crippen molar-refractivity contribution in [2.45, 2.75) is 0 Å². The van der Waals surface area contributed by atoms with E-state index in [-0.39, 0.29) is 0 Å². The molecule has 2 N–H and O–H groups in total. The number of furan rings is 1. The van der Waals surface area contributed by atoms with Gasteiger partial charge in [-0.05, 0) is 56.1 Å². The summed E-state index contributed by atoms with van der Waals surface area (Å²) < 4.78 is 8.57. The van der Waals surface area contributed by atoms with Crippen molar-refractivity contribution in [3.05, 3.63) is 45.7 Å². The zero-order valence-corrected chi connectivity index (χ0v) is 12.7. The van der Waals surface area contributed by atoms with Gasteiger partial charge in [0, 0.05) is 16.7 Å². The number of nitrogens with zero attached hydrogens (tertiary/aromatic N) is 3. The fourth-order valence-corrected chi connectivity index (χ4v) is 2.19. The van der Waals surface area contributed by atoms with Crippen LogP contribution in [0, 0.1) is 0 Å². The third kappa shape index (κ3) is 2.43. The molecule has 19 heavy (non-hydrogen) atoms. The van der Waals surface area contributed by atoms with Gasteiger partial charge in [0.25, 0.3) is 0 Å². The third-order valence-electron chi connectivity index (χ3n) is 2.49. The highest BCUT2D eigenvalue weighted by atomic mass is 79.9. The first kappa shape index (κ1) is 12.4. The number of hydrogen-bond donors (Lipinski definition) is 1. The van der Waals surface area contributed by atoms with Crippen LogP contribution in [-0.4, -0.2) is 14.8 Å². The Morgan fingerprint density at radius 1 is 1.16 bits per heavy atom. The quantitative estimate of drug-likeness (QED) is 0.733. The smallest absolute Gasteiger partial charge is 0.169 e. The van der Waals surface area contributed by atoms with Crippen molar-refractivity contribution in [1.29, 1.82) is 0 Å². The van der Waals surface area contributed by atoms with Gasteiger partial charge in [0.1, 0.15) is 11.5 Å². The number of hydrogen-bond acceptors (Lipinski definition) is 4. The standard InChI is InChI=1S/C12H8Br2N4O/c13-7-1-4-12(16-6-7)18-11(15)5-8(17-18)9-2-3-10(14)19-9/h1-6H,15H2. The Balaban J connectivity index is 2.04. The maximum Gasteiger partial charge on any atom is 0.169 e. The minimum atomic E-state index is 0.498. The van der Waals surface area contributed by atoms with Crippen LogP contribution in [0.1, 0.15) is 0 Å². The van der Waals surface area contributed by atoms with Crippen LogP contribution in [0.25, 0.3) is 17.3 Å². The van der Waals surface area contributed by atoms with Crippen LogP contribution >= 0.6 is 31.9 Å². The van der Waals surface area contributed by atoms with Gasteiger partial charge in [0.15, 0.2) is 16.2 Å². The number of nitrogens with two attached hydrogens (primary N) is 1. The monoisotopic (exact) mass is 382 g/mol. The highest BCUT2D eigenvalue weighted by Gasteiger charge is 2.12. The Bertz CT molecular complexity index is 718. The lowest BCUT2D eigenvalue weighted by molar-refractivity contribution is 0.553. The van der Waals surface area contributed by atoms with Crippen molar-refractivity contribution >= 4 is 37.7 Å². The molecule has 3 aromatic rings. The molecule has 3 aromatic heterocycles. The van der Waals surface area contributed by atoms with Crippen LogP contribution in [0.4, 0.5) is 5.82 Å². The number of nitrogen functional groups attached to an aromatic ring is 1. The molecule has 3 heterocycles. The Morgan fingerprint density at radius 2 is 2.00 bits per heavy atom. The van der Waals surface area contributed by atoms with Crippen molar-refractivity contribution in [3.8, 4) is 17.3 Å². The number of rotatable bonds is 2. The Kier molecular flexibility index (Phi) is 3.16. The summed E-state index contributed by atoms with van der Waals surface area (Å²) in [4.78, 5) is 4.26. The molecule has 0 spiro atoms. The van der Waals surface area contributed by atoms with E-state index in [0.29, 0.717) is 27.8 Å². The van der Waals surface area contributed by atoms with E-state index in [1.807, 2.05) is 24.3 Å². The average molecular weight is 384 g/mol. The first-order valence-corrected chi connectivity index (χ1v) is 6.95. The van der Waals surface area contributed by atoms with Crippen LogP contribution < -0.4 is 5.73 Å². The van der Waals surface area contributed by atoms with Gasteiger partial charge in [0.05, 0.1) is 0 Å². The molecule has 0 atom stereocenters. The molecule has 0 aliphatic carbocycles. The molecule has 3 rings (SSSR count). The molecule has 0 aromatic carbocycles. The largest absolute Gasteiger partial charge is 0.448 e. The van der Waals surface area contributed by atoms with Crippen LogP contribution in [0.5, 0.6) is 0 Å². The van der Waals surface area contributed by atoms with Crippen LogP contribution in [-0.2, 0) is 0 Å². The molecule has 0 radical (unpaired) electrons. The Morgan fingerprint density at radius 3 is 2.63 bits per heavy atom. The minimum Gasteiger partial charge on any atom is -0.448 e. The van der Waals surface area contributed by atoms with E-state index in [1.165, 1.54) is 0 Å². The normalized spacial score (nSPS) is 10.8. The van der Waals surface area contributed by atoms with Gasteiger partial charge in [0.2, 0.25) is 0 Å². The number of anilines is 1. The first-order valence-electron chi connectivity index (χ1n) is 5.36. The summed E-state index contributed by atoms with van der Waals surface area (Å²) >= 11 is 6.60. The van der Waals surface area contributed by atoms with Gasteiger partial charge in [-0.25, -0.2) is 4.98 Å². The van der Waals surface area contributed by atoms with E-state index in [1.54, 1.807) is 16.9 Å². The molecule has 0 saturated carbocycles. The SMILES string of the molecule is Nc1cc(-c2ccc(Br)o2)nn1-c1ccc(Br)cn1. The predicted octanol–water partition coefficient (Wildman–Crippen LogP) is 3.63. The van der Waals surface area contributed by atoms with Gasteiger partial charge in [-0.1, -0.05) is 0 Å². The molecule has 0 unspecified atom stereocenters. The summed E-state index contributed by atoms with van der Waals surface area (Å²) in [5.74, 6) is 1.80. The van der Waals surface area contributed by atoms with E-state index in [9.17, 15) is 0 Å². The van der Waals surface area contributed by atoms with Gasteiger partial charge < -0.3 is 10.2 Å². The van der Waals surface area contributed by atoms with E-state index < -0.39 is 0 Å². The molecule has 0 saturated heterocycles. The van der Waals surface area contributed by atoms with Crippen molar-refractivity contribution in [1.82, 2.24) is 14.8 Å². The lowest BCUT2D eigenvalue weighted by Crippen LogP contribution is -2.03. The molecule has 0 amide bonds. The Hall–Kier alpha value is -1.60. The molecule has 5 nitrogen and oxygen atoms in total. The lowest BCUT2D eigenvalue weighted by Gasteiger charge is -2.01. The summed E-state index contributed by atoms with van der Waals surface area (Å²) in [6, 6.07) is 9.09. The van der Waals surface area contributed by atoms with Crippen molar-refractivity contribution in [2.75, 3.05) is 5.73 Å². The fourth-order valence-electron chi connectivity index (χ4n) is 1.64. The highest BCUT2D eigenvalue weighted by Crippen LogP contribution is 2.26.